The molecule has 3 N–H and O–H groups in total. The van der Waals surface area contributed by atoms with E-state index in [1.807, 2.05) is 6.07 Å². The van der Waals surface area contributed by atoms with Crippen LogP contribution in [0.15, 0.2) is 54.6 Å². The molecule has 0 heterocycles. The van der Waals surface area contributed by atoms with Crippen molar-refractivity contribution >= 4 is 23.4 Å². The highest BCUT2D eigenvalue weighted by molar-refractivity contribution is 6.30. The lowest BCUT2D eigenvalue weighted by atomic mass is 10.0. The maximum absolute atomic E-state index is 12.1. The van der Waals surface area contributed by atoms with Gasteiger partial charge in [-0.3, -0.25) is 9.59 Å². The molecule has 2 aromatic rings. The molecule has 0 aliphatic carbocycles. The van der Waals surface area contributed by atoms with Crippen LogP contribution in [0.3, 0.4) is 0 Å². The number of benzene rings is 2. The first kappa shape index (κ1) is 15.1. The Morgan fingerprint density at radius 3 is 2.24 bits per heavy atom. The van der Waals surface area contributed by atoms with Gasteiger partial charge in [-0.2, -0.15) is 0 Å². The molecule has 0 radical (unpaired) electrons. The van der Waals surface area contributed by atoms with Crippen molar-refractivity contribution in [3.63, 3.8) is 0 Å². The molecular weight excluding hydrogens is 288 g/mol. The quantitative estimate of drug-likeness (QED) is 0.888. The van der Waals surface area contributed by atoms with Crippen molar-refractivity contribution in [2.75, 3.05) is 0 Å². The number of nitrogens with one attached hydrogen (secondary N) is 1. The Morgan fingerprint density at radius 1 is 1.05 bits per heavy atom. The first-order valence-corrected chi connectivity index (χ1v) is 6.84. The van der Waals surface area contributed by atoms with Gasteiger partial charge in [0.1, 0.15) is 6.04 Å². The number of nitrogens with two attached hydrogens (primary N) is 1. The van der Waals surface area contributed by atoms with E-state index in [0.29, 0.717) is 17.0 Å². The molecule has 0 aromatic heterocycles. The molecule has 0 saturated heterocycles. The Kier molecular flexibility index (Phi) is 4.95. The second-order valence-corrected chi connectivity index (χ2v) is 5.06. The summed E-state index contributed by atoms with van der Waals surface area (Å²) in [5.41, 5.74) is 6.72. The zero-order valence-electron chi connectivity index (χ0n) is 11.3. The Labute approximate surface area is 127 Å². The number of primary amides is 1. The minimum Gasteiger partial charge on any atom is -0.368 e. The topological polar surface area (TPSA) is 72.2 Å². The Morgan fingerprint density at radius 2 is 1.67 bits per heavy atom. The molecule has 0 spiro atoms. The summed E-state index contributed by atoms with van der Waals surface area (Å²) in [6, 6.07) is 15.0. The summed E-state index contributed by atoms with van der Waals surface area (Å²) < 4.78 is 0. The number of amides is 2. The van der Waals surface area contributed by atoms with E-state index in [9.17, 15) is 9.59 Å². The fourth-order valence-corrected chi connectivity index (χ4v) is 2.04. The normalized spacial score (nSPS) is 11.7. The van der Waals surface area contributed by atoms with E-state index in [-0.39, 0.29) is 5.91 Å². The standard InChI is InChI=1S/C16H15ClN2O2/c17-13-8-6-11(7-9-13)10-14(15(18)20)19-16(21)12-4-2-1-3-5-12/h1-9,14H,10H2,(H2,18,20)(H,19,21)/t14-/m0/s1. The van der Waals surface area contributed by atoms with Crippen LogP contribution >= 0.6 is 11.6 Å². The van der Waals surface area contributed by atoms with Crippen molar-refractivity contribution in [3.8, 4) is 0 Å². The largest absolute Gasteiger partial charge is 0.368 e. The predicted octanol–water partition coefficient (Wildman–Crippen LogP) is 2.17. The Bertz CT molecular complexity index is 626. The molecule has 108 valence electrons. The molecule has 2 aromatic carbocycles. The minimum atomic E-state index is -0.765. The summed E-state index contributed by atoms with van der Waals surface area (Å²) >= 11 is 5.81. The molecule has 2 rings (SSSR count). The van der Waals surface area contributed by atoms with Gasteiger partial charge in [-0.05, 0) is 29.8 Å². The lowest BCUT2D eigenvalue weighted by Gasteiger charge is -2.15. The van der Waals surface area contributed by atoms with Gasteiger partial charge >= 0.3 is 0 Å². The molecule has 1 atom stereocenters. The SMILES string of the molecule is NC(=O)[C@H](Cc1ccc(Cl)cc1)NC(=O)c1ccccc1. The lowest BCUT2D eigenvalue weighted by Crippen LogP contribution is -2.45. The molecule has 0 bridgehead atoms. The van der Waals surface area contributed by atoms with Gasteiger partial charge in [0.05, 0.1) is 0 Å². The van der Waals surface area contributed by atoms with Gasteiger partial charge in [0.25, 0.3) is 5.91 Å². The number of rotatable bonds is 5. The van der Waals surface area contributed by atoms with Crippen LogP contribution in [0.1, 0.15) is 15.9 Å². The van der Waals surface area contributed by atoms with Crippen molar-refractivity contribution in [1.82, 2.24) is 5.32 Å². The number of carbonyl (C=O) groups excluding carboxylic acids is 2. The molecule has 0 unspecified atom stereocenters. The average molecular weight is 303 g/mol. The second kappa shape index (κ2) is 6.90. The van der Waals surface area contributed by atoms with E-state index < -0.39 is 11.9 Å². The molecular formula is C16H15ClN2O2. The van der Waals surface area contributed by atoms with Gasteiger partial charge in [0.2, 0.25) is 5.91 Å². The first-order chi connectivity index (χ1) is 10.1. The average Bonchev–Trinajstić information content (AvgIpc) is 2.49. The summed E-state index contributed by atoms with van der Waals surface area (Å²) in [6.07, 6.45) is 0.324. The third kappa shape index (κ3) is 4.33. The molecule has 0 aliphatic rings. The van der Waals surface area contributed by atoms with E-state index in [4.69, 9.17) is 17.3 Å². The highest BCUT2D eigenvalue weighted by Crippen LogP contribution is 2.11. The van der Waals surface area contributed by atoms with Crippen LogP contribution in [0.4, 0.5) is 0 Å². The maximum atomic E-state index is 12.1. The Hall–Kier alpha value is -2.33. The molecule has 4 nitrogen and oxygen atoms in total. The van der Waals surface area contributed by atoms with Crippen LogP contribution in [0.5, 0.6) is 0 Å². The lowest BCUT2D eigenvalue weighted by molar-refractivity contribution is -0.119. The summed E-state index contributed by atoms with van der Waals surface area (Å²) in [5, 5.41) is 3.26. The van der Waals surface area contributed by atoms with Crippen LogP contribution in [-0.4, -0.2) is 17.9 Å². The highest BCUT2D eigenvalue weighted by atomic mass is 35.5. The van der Waals surface area contributed by atoms with E-state index in [1.165, 1.54) is 0 Å². The fourth-order valence-electron chi connectivity index (χ4n) is 1.91. The summed E-state index contributed by atoms with van der Waals surface area (Å²) in [5.74, 6) is -0.900. The highest BCUT2D eigenvalue weighted by Gasteiger charge is 2.19. The Balaban J connectivity index is 2.07. The fraction of sp³-hybridized carbons (Fsp3) is 0.125. The van der Waals surface area contributed by atoms with Gasteiger partial charge in [0.15, 0.2) is 0 Å². The van der Waals surface area contributed by atoms with E-state index >= 15 is 0 Å². The summed E-state index contributed by atoms with van der Waals surface area (Å²) in [6.45, 7) is 0. The number of halogens is 1. The van der Waals surface area contributed by atoms with Gasteiger partial charge in [-0.25, -0.2) is 0 Å². The molecule has 0 aliphatic heterocycles. The van der Waals surface area contributed by atoms with Crippen molar-refractivity contribution < 1.29 is 9.59 Å². The van der Waals surface area contributed by atoms with Crippen LogP contribution < -0.4 is 11.1 Å². The third-order valence-electron chi connectivity index (χ3n) is 3.04. The number of hydrogen-bond donors (Lipinski definition) is 2. The van der Waals surface area contributed by atoms with Crippen LogP contribution in [-0.2, 0) is 11.2 Å². The first-order valence-electron chi connectivity index (χ1n) is 6.46. The van der Waals surface area contributed by atoms with E-state index in [2.05, 4.69) is 5.32 Å². The molecule has 5 heteroatoms. The summed E-state index contributed by atoms with van der Waals surface area (Å²) in [7, 11) is 0. The molecule has 2 amide bonds. The second-order valence-electron chi connectivity index (χ2n) is 4.63. The minimum absolute atomic E-state index is 0.324. The van der Waals surface area contributed by atoms with Gasteiger partial charge in [-0.1, -0.05) is 41.9 Å². The summed E-state index contributed by atoms with van der Waals surface area (Å²) in [4.78, 5) is 23.6. The van der Waals surface area contributed by atoms with Gasteiger partial charge < -0.3 is 11.1 Å². The number of carbonyl (C=O) groups is 2. The van der Waals surface area contributed by atoms with Crippen LogP contribution in [0.2, 0.25) is 5.02 Å². The maximum Gasteiger partial charge on any atom is 0.251 e. The molecule has 21 heavy (non-hydrogen) atoms. The predicted molar refractivity (Wildman–Crippen MR) is 82.0 cm³/mol. The van der Waals surface area contributed by atoms with Crippen molar-refractivity contribution in [2.45, 2.75) is 12.5 Å². The zero-order chi connectivity index (χ0) is 15.2. The van der Waals surface area contributed by atoms with Crippen LogP contribution in [0.25, 0.3) is 0 Å². The third-order valence-corrected chi connectivity index (χ3v) is 3.29. The van der Waals surface area contributed by atoms with E-state index in [0.717, 1.165) is 5.56 Å². The zero-order valence-corrected chi connectivity index (χ0v) is 12.0. The van der Waals surface area contributed by atoms with Crippen molar-refractivity contribution in [2.24, 2.45) is 5.73 Å². The monoisotopic (exact) mass is 302 g/mol. The van der Waals surface area contributed by atoms with Crippen molar-refractivity contribution in [1.29, 1.82) is 0 Å². The smallest absolute Gasteiger partial charge is 0.251 e. The molecule has 0 saturated carbocycles. The van der Waals surface area contributed by atoms with Crippen molar-refractivity contribution in [3.05, 3.63) is 70.7 Å². The number of hydrogen-bond acceptors (Lipinski definition) is 2. The van der Waals surface area contributed by atoms with Gasteiger partial charge in [0, 0.05) is 17.0 Å². The van der Waals surface area contributed by atoms with Crippen LogP contribution in [0, 0.1) is 0 Å². The molecule has 0 fully saturated rings. The van der Waals surface area contributed by atoms with Gasteiger partial charge in [-0.15, -0.1) is 0 Å². The van der Waals surface area contributed by atoms with E-state index in [1.54, 1.807) is 48.5 Å².